The second-order valence-corrected chi connectivity index (χ2v) is 8.80. The van der Waals surface area contributed by atoms with E-state index < -0.39 is 11.7 Å². The van der Waals surface area contributed by atoms with E-state index in [-0.39, 0.29) is 30.2 Å². The lowest BCUT2D eigenvalue weighted by atomic mass is 9.97. The largest absolute Gasteiger partial charge is 0.347 e. The quantitative estimate of drug-likeness (QED) is 0.695. The zero-order valence-corrected chi connectivity index (χ0v) is 17.8. The molecule has 0 aliphatic carbocycles. The van der Waals surface area contributed by atoms with Gasteiger partial charge >= 0.3 is 0 Å². The van der Waals surface area contributed by atoms with Crippen LogP contribution in [0.25, 0.3) is 0 Å². The summed E-state index contributed by atoms with van der Waals surface area (Å²) >= 11 is 1.58. The Hall–Kier alpha value is -2.94. The maximum absolute atomic E-state index is 12.8. The van der Waals surface area contributed by atoms with Crippen LogP contribution in [-0.4, -0.2) is 45.9 Å². The van der Waals surface area contributed by atoms with Crippen molar-refractivity contribution in [3.8, 4) is 0 Å². The fourth-order valence-corrected chi connectivity index (χ4v) is 4.73. The normalized spacial score (nSPS) is 23.1. The zero-order chi connectivity index (χ0) is 21.3. The number of thiophene rings is 1. The first-order valence-electron chi connectivity index (χ1n) is 10.1. The summed E-state index contributed by atoms with van der Waals surface area (Å²) in [5.74, 6) is 0.0417. The van der Waals surface area contributed by atoms with Crippen molar-refractivity contribution in [2.24, 2.45) is 0 Å². The minimum Gasteiger partial charge on any atom is -0.347 e. The van der Waals surface area contributed by atoms with Crippen molar-refractivity contribution in [3.05, 3.63) is 46.3 Å². The standard InChI is InChI=1S/C21H25N5O3S/c1-13(16-6-4-12-30-16)23-19(28)14(2)26-11-9-21(8-7-17(26)27)24-18-15(20(29)25-21)5-3-10-22-18/h3-6,10,12-14H,7-9,11H2,1-2H3,(H,22,24)(H,23,28)(H,25,29)/t13-,14+,21-/m0/s1. The number of nitrogens with one attached hydrogen (secondary N) is 3. The van der Waals surface area contributed by atoms with Crippen LogP contribution >= 0.6 is 11.3 Å². The van der Waals surface area contributed by atoms with Crippen molar-refractivity contribution in [2.45, 2.75) is 50.9 Å². The lowest BCUT2D eigenvalue weighted by molar-refractivity contribution is -0.139. The molecular weight excluding hydrogens is 402 g/mol. The van der Waals surface area contributed by atoms with Gasteiger partial charge in [0.05, 0.1) is 11.6 Å². The molecule has 1 spiro atoms. The number of carbonyl (C=O) groups is 3. The molecule has 2 aromatic rings. The second kappa shape index (κ2) is 8.06. The molecule has 9 heteroatoms. The number of carbonyl (C=O) groups excluding carboxylic acids is 3. The van der Waals surface area contributed by atoms with Crippen LogP contribution in [0.3, 0.4) is 0 Å². The third-order valence-corrected chi connectivity index (χ3v) is 6.86. The number of likely N-dealkylation sites (tertiary alicyclic amines) is 1. The third-order valence-electron chi connectivity index (χ3n) is 5.80. The Morgan fingerprint density at radius 2 is 2.07 bits per heavy atom. The number of nitrogens with zero attached hydrogens (tertiary/aromatic N) is 2. The Bertz CT molecular complexity index is 963. The highest BCUT2D eigenvalue weighted by atomic mass is 32.1. The molecule has 2 aliphatic heterocycles. The van der Waals surface area contributed by atoms with Gasteiger partial charge in [-0.15, -0.1) is 11.3 Å². The maximum Gasteiger partial charge on any atom is 0.256 e. The van der Waals surface area contributed by atoms with Gasteiger partial charge in [0.15, 0.2) is 0 Å². The second-order valence-electron chi connectivity index (χ2n) is 7.82. The van der Waals surface area contributed by atoms with Crippen molar-refractivity contribution in [2.75, 3.05) is 11.9 Å². The minimum atomic E-state index is -0.747. The molecule has 30 heavy (non-hydrogen) atoms. The summed E-state index contributed by atoms with van der Waals surface area (Å²) in [5, 5.41) is 11.3. The van der Waals surface area contributed by atoms with E-state index in [4.69, 9.17) is 0 Å². The van der Waals surface area contributed by atoms with Crippen LogP contribution in [0.15, 0.2) is 35.8 Å². The molecule has 8 nitrogen and oxygen atoms in total. The molecule has 0 bridgehead atoms. The van der Waals surface area contributed by atoms with Crippen LogP contribution in [0, 0.1) is 0 Å². The number of amides is 3. The highest BCUT2D eigenvalue weighted by Gasteiger charge is 2.42. The summed E-state index contributed by atoms with van der Waals surface area (Å²) in [5.41, 5.74) is -0.255. The first kappa shape index (κ1) is 20.3. The van der Waals surface area contributed by atoms with Crippen LogP contribution in [-0.2, 0) is 9.59 Å². The SMILES string of the molecule is C[C@H](NC(=O)[C@@H](C)N1CC[C@]2(CCC1=O)NC(=O)c1cccnc1N2)c1cccs1. The molecule has 1 saturated heterocycles. The first-order valence-corrected chi connectivity index (χ1v) is 11.0. The van der Waals surface area contributed by atoms with Crippen LogP contribution in [0.1, 0.15) is 54.4 Å². The van der Waals surface area contributed by atoms with Crippen molar-refractivity contribution < 1.29 is 14.4 Å². The maximum atomic E-state index is 12.8. The summed E-state index contributed by atoms with van der Waals surface area (Å²) < 4.78 is 0. The molecule has 3 atom stereocenters. The van der Waals surface area contributed by atoms with Crippen molar-refractivity contribution in [1.82, 2.24) is 20.5 Å². The molecule has 0 radical (unpaired) electrons. The Balaban J connectivity index is 1.45. The molecule has 158 valence electrons. The minimum absolute atomic E-state index is 0.0961. The molecular formula is C21H25N5O3S. The van der Waals surface area contributed by atoms with E-state index >= 15 is 0 Å². The molecule has 1 fully saturated rings. The summed E-state index contributed by atoms with van der Waals surface area (Å²) in [6.07, 6.45) is 2.78. The number of pyridine rings is 1. The topological polar surface area (TPSA) is 103 Å². The van der Waals surface area contributed by atoms with Gasteiger partial charge in [-0.05, 0) is 43.8 Å². The summed E-state index contributed by atoms with van der Waals surface area (Å²) in [6.45, 7) is 4.04. The van der Waals surface area contributed by atoms with Gasteiger partial charge in [0.1, 0.15) is 17.5 Å². The number of hydrogen-bond donors (Lipinski definition) is 3. The molecule has 4 heterocycles. The molecule has 0 aromatic carbocycles. The molecule has 3 N–H and O–H groups in total. The molecule has 4 rings (SSSR count). The van der Waals surface area contributed by atoms with E-state index in [9.17, 15) is 14.4 Å². The zero-order valence-electron chi connectivity index (χ0n) is 17.0. The van der Waals surface area contributed by atoms with Gasteiger partial charge in [-0.25, -0.2) is 4.98 Å². The van der Waals surface area contributed by atoms with Gasteiger partial charge < -0.3 is 20.9 Å². The molecule has 0 unspecified atom stereocenters. The van der Waals surface area contributed by atoms with Crippen molar-refractivity contribution in [3.63, 3.8) is 0 Å². The van der Waals surface area contributed by atoms with E-state index in [0.29, 0.717) is 30.8 Å². The number of fused-ring (bicyclic) bond motifs is 1. The number of aromatic nitrogens is 1. The summed E-state index contributed by atoms with van der Waals surface area (Å²) in [4.78, 5) is 45.1. The fourth-order valence-electron chi connectivity index (χ4n) is 4.00. The average molecular weight is 428 g/mol. The molecule has 0 saturated carbocycles. The monoisotopic (exact) mass is 427 g/mol. The average Bonchev–Trinajstić information content (AvgIpc) is 3.22. The van der Waals surface area contributed by atoms with Crippen molar-refractivity contribution in [1.29, 1.82) is 0 Å². The summed E-state index contributed by atoms with van der Waals surface area (Å²) in [6, 6.07) is 6.64. The molecule has 2 aliphatic rings. The van der Waals surface area contributed by atoms with E-state index in [2.05, 4.69) is 20.9 Å². The fraction of sp³-hybridized carbons (Fsp3) is 0.429. The van der Waals surface area contributed by atoms with E-state index in [0.717, 1.165) is 4.88 Å². The van der Waals surface area contributed by atoms with E-state index in [1.54, 1.807) is 41.5 Å². The first-order chi connectivity index (χ1) is 14.4. The number of anilines is 1. The number of hydrogen-bond acceptors (Lipinski definition) is 6. The van der Waals surface area contributed by atoms with Gasteiger partial charge in [-0.2, -0.15) is 0 Å². The van der Waals surface area contributed by atoms with E-state index in [1.165, 1.54) is 0 Å². The van der Waals surface area contributed by atoms with Crippen LogP contribution in [0.4, 0.5) is 5.82 Å². The number of rotatable bonds is 4. The van der Waals surface area contributed by atoms with Crippen LogP contribution in [0.5, 0.6) is 0 Å². The lowest BCUT2D eigenvalue weighted by Gasteiger charge is -2.39. The highest BCUT2D eigenvalue weighted by molar-refractivity contribution is 7.10. The predicted molar refractivity (Wildman–Crippen MR) is 114 cm³/mol. The Morgan fingerprint density at radius 1 is 1.23 bits per heavy atom. The smallest absolute Gasteiger partial charge is 0.256 e. The predicted octanol–water partition coefficient (Wildman–Crippen LogP) is 2.27. The van der Waals surface area contributed by atoms with Gasteiger partial charge in [-0.1, -0.05) is 6.07 Å². The van der Waals surface area contributed by atoms with Gasteiger partial charge in [0.25, 0.3) is 5.91 Å². The molecule has 3 amide bonds. The summed E-state index contributed by atoms with van der Waals surface area (Å²) in [7, 11) is 0. The molecule has 2 aromatic heterocycles. The van der Waals surface area contributed by atoms with Gasteiger partial charge in [0, 0.05) is 30.5 Å². The van der Waals surface area contributed by atoms with Gasteiger partial charge in [0.2, 0.25) is 11.8 Å². The Kier molecular flexibility index (Phi) is 5.46. The van der Waals surface area contributed by atoms with Crippen LogP contribution < -0.4 is 16.0 Å². The van der Waals surface area contributed by atoms with Crippen LogP contribution in [0.2, 0.25) is 0 Å². The third kappa shape index (κ3) is 3.89. The Morgan fingerprint density at radius 3 is 2.83 bits per heavy atom. The Labute approximate surface area is 179 Å². The van der Waals surface area contributed by atoms with E-state index in [1.807, 2.05) is 24.4 Å². The van der Waals surface area contributed by atoms with Crippen molar-refractivity contribution >= 4 is 34.9 Å². The highest BCUT2D eigenvalue weighted by Crippen LogP contribution is 2.31. The lowest BCUT2D eigenvalue weighted by Crippen LogP contribution is -2.58. The van der Waals surface area contributed by atoms with Gasteiger partial charge in [-0.3, -0.25) is 14.4 Å².